The lowest BCUT2D eigenvalue weighted by atomic mass is 9.79. The second-order valence-corrected chi connectivity index (χ2v) is 6.57. The monoisotopic (exact) mass is 318 g/mol. The minimum Gasteiger partial charge on any atom is -0.383 e. The lowest BCUT2D eigenvalue weighted by Crippen LogP contribution is -2.19. The number of nitrogens with zero attached hydrogens (tertiary/aromatic N) is 2. The molecule has 0 atom stereocenters. The van der Waals surface area contributed by atoms with Crippen molar-refractivity contribution < 1.29 is 0 Å². The Morgan fingerprint density at radius 2 is 1.73 bits per heavy atom. The maximum atomic E-state index is 6.04. The van der Waals surface area contributed by atoms with Gasteiger partial charge in [0.05, 0.1) is 5.69 Å². The molecule has 0 radical (unpaired) electrons. The Morgan fingerprint density at radius 1 is 1.09 bits per heavy atom. The van der Waals surface area contributed by atoms with E-state index in [-0.39, 0.29) is 11.4 Å². The van der Waals surface area contributed by atoms with Crippen molar-refractivity contribution in [3.63, 3.8) is 0 Å². The molecule has 0 amide bonds. The largest absolute Gasteiger partial charge is 0.383 e. The summed E-state index contributed by atoms with van der Waals surface area (Å²) in [6, 6.07) is 8.01. The van der Waals surface area contributed by atoms with Crippen molar-refractivity contribution in [3.05, 3.63) is 46.1 Å². The average molecular weight is 319 g/mol. The van der Waals surface area contributed by atoms with Gasteiger partial charge in [-0.15, -0.1) is 0 Å². The number of hydrogen-bond acceptors (Lipinski definition) is 4. The van der Waals surface area contributed by atoms with Gasteiger partial charge in [-0.05, 0) is 42.4 Å². The average Bonchev–Trinajstić information content (AvgIpc) is 2.46. The maximum absolute atomic E-state index is 6.04. The Balaban J connectivity index is 2.20. The Hall–Kier alpha value is -1.81. The molecule has 1 aromatic carbocycles. The zero-order valence-corrected chi connectivity index (χ0v) is 14.1. The van der Waals surface area contributed by atoms with Gasteiger partial charge in [-0.1, -0.05) is 44.5 Å². The van der Waals surface area contributed by atoms with Gasteiger partial charge in [0, 0.05) is 10.6 Å². The van der Waals surface area contributed by atoms with Crippen LogP contribution in [0.3, 0.4) is 0 Å². The van der Waals surface area contributed by atoms with E-state index in [9.17, 15) is 0 Å². The van der Waals surface area contributed by atoms with Crippen molar-refractivity contribution in [1.29, 1.82) is 0 Å². The van der Waals surface area contributed by atoms with Crippen LogP contribution in [0.1, 0.15) is 44.0 Å². The van der Waals surface area contributed by atoms with Gasteiger partial charge in [0.1, 0.15) is 5.82 Å². The highest BCUT2D eigenvalue weighted by molar-refractivity contribution is 6.30. The van der Waals surface area contributed by atoms with Gasteiger partial charge in [-0.2, -0.15) is 4.98 Å². The second kappa shape index (κ2) is 6.53. The fraction of sp³-hybridized carbons (Fsp3) is 0.412. The predicted octanol–water partition coefficient (Wildman–Crippen LogP) is 3.77. The SMILES string of the molecule is CCc1nc(N)nc(N)c1CCC(C)(C)c1ccc(Cl)cc1. The lowest BCUT2D eigenvalue weighted by molar-refractivity contribution is 0.479. The van der Waals surface area contributed by atoms with Gasteiger partial charge in [0.15, 0.2) is 0 Å². The van der Waals surface area contributed by atoms with Crippen LogP contribution in [-0.2, 0) is 18.3 Å². The third-order valence-electron chi connectivity index (χ3n) is 4.10. The molecule has 0 bridgehead atoms. The molecule has 0 saturated heterocycles. The topological polar surface area (TPSA) is 77.8 Å². The molecule has 0 saturated carbocycles. The van der Waals surface area contributed by atoms with E-state index >= 15 is 0 Å². The summed E-state index contributed by atoms with van der Waals surface area (Å²) >= 11 is 5.96. The number of anilines is 2. The molecular weight excluding hydrogens is 296 g/mol. The van der Waals surface area contributed by atoms with Crippen molar-refractivity contribution in [2.45, 2.75) is 45.4 Å². The summed E-state index contributed by atoms with van der Waals surface area (Å²) in [5.74, 6) is 0.742. The van der Waals surface area contributed by atoms with Crippen LogP contribution in [0.15, 0.2) is 24.3 Å². The summed E-state index contributed by atoms with van der Waals surface area (Å²) in [7, 11) is 0. The maximum Gasteiger partial charge on any atom is 0.222 e. The minimum absolute atomic E-state index is 0.0173. The number of nitrogen functional groups attached to an aromatic ring is 2. The van der Waals surface area contributed by atoms with Gasteiger partial charge < -0.3 is 11.5 Å². The number of halogens is 1. The molecule has 22 heavy (non-hydrogen) atoms. The standard InChI is InChI=1S/C17H23ClN4/c1-4-14-13(15(19)22-16(20)21-14)9-10-17(2,3)11-5-7-12(18)8-6-11/h5-8H,4,9-10H2,1-3H3,(H4,19,20,21,22). The van der Waals surface area contributed by atoms with Crippen molar-refractivity contribution in [2.75, 3.05) is 11.5 Å². The van der Waals surface area contributed by atoms with Crippen LogP contribution in [0.5, 0.6) is 0 Å². The highest BCUT2D eigenvalue weighted by Gasteiger charge is 2.22. The highest BCUT2D eigenvalue weighted by Crippen LogP contribution is 2.31. The molecule has 5 heteroatoms. The molecule has 0 fully saturated rings. The van der Waals surface area contributed by atoms with Gasteiger partial charge in [-0.3, -0.25) is 0 Å². The van der Waals surface area contributed by atoms with Crippen LogP contribution in [0, 0.1) is 0 Å². The first kappa shape index (κ1) is 16.6. The Bertz CT molecular complexity index is 650. The van der Waals surface area contributed by atoms with Crippen molar-refractivity contribution in [2.24, 2.45) is 0 Å². The number of aryl methyl sites for hydroxylation is 1. The number of benzene rings is 1. The summed E-state index contributed by atoms with van der Waals surface area (Å²) in [6.07, 6.45) is 2.57. The highest BCUT2D eigenvalue weighted by atomic mass is 35.5. The summed E-state index contributed by atoms with van der Waals surface area (Å²) < 4.78 is 0. The first-order chi connectivity index (χ1) is 10.3. The van der Waals surface area contributed by atoms with Gasteiger partial charge in [-0.25, -0.2) is 4.98 Å². The summed E-state index contributed by atoms with van der Waals surface area (Å²) in [4.78, 5) is 8.40. The Labute approximate surface area is 136 Å². The first-order valence-electron chi connectivity index (χ1n) is 7.50. The van der Waals surface area contributed by atoms with E-state index in [1.807, 2.05) is 12.1 Å². The molecule has 0 aliphatic heterocycles. The molecule has 1 aromatic heterocycles. The minimum atomic E-state index is 0.0173. The number of rotatable bonds is 5. The van der Waals surface area contributed by atoms with Crippen LogP contribution < -0.4 is 11.5 Å². The molecule has 0 unspecified atom stereocenters. The molecule has 0 aliphatic rings. The van der Waals surface area contributed by atoms with E-state index < -0.39 is 0 Å². The van der Waals surface area contributed by atoms with E-state index in [0.29, 0.717) is 5.82 Å². The Morgan fingerprint density at radius 3 is 2.32 bits per heavy atom. The molecule has 2 aromatic rings. The van der Waals surface area contributed by atoms with Crippen LogP contribution in [0.25, 0.3) is 0 Å². The van der Waals surface area contributed by atoms with E-state index in [1.54, 1.807) is 0 Å². The summed E-state index contributed by atoms with van der Waals surface area (Å²) in [6.45, 7) is 6.49. The lowest BCUT2D eigenvalue weighted by Gasteiger charge is -2.26. The van der Waals surface area contributed by atoms with Crippen molar-refractivity contribution in [1.82, 2.24) is 9.97 Å². The molecule has 4 nitrogen and oxygen atoms in total. The number of hydrogen-bond donors (Lipinski definition) is 2. The molecule has 0 aliphatic carbocycles. The van der Waals surface area contributed by atoms with Crippen LogP contribution >= 0.6 is 11.6 Å². The quantitative estimate of drug-likeness (QED) is 0.879. The molecule has 2 rings (SSSR count). The number of nitrogens with two attached hydrogens (primary N) is 2. The zero-order valence-electron chi connectivity index (χ0n) is 13.4. The molecule has 0 spiro atoms. The van der Waals surface area contributed by atoms with Crippen LogP contribution in [-0.4, -0.2) is 9.97 Å². The van der Waals surface area contributed by atoms with Gasteiger partial charge >= 0.3 is 0 Å². The second-order valence-electron chi connectivity index (χ2n) is 6.14. The smallest absolute Gasteiger partial charge is 0.222 e. The molecule has 118 valence electrons. The predicted molar refractivity (Wildman–Crippen MR) is 93.0 cm³/mol. The van der Waals surface area contributed by atoms with Gasteiger partial charge in [0.25, 0.3) is 0 Å². The fourth-order valence-electron chi connectivity index (χ4n) is 2.62. The normalized spacial score (nSPS) is 11.6. The van der Waals surface area contributed by atoms with Crippen LogP contribution in [0.4, 0.5) is 11.8 Å². The van der Waals surface area contributed by atoms with E-state index in [1.165, 1.54) is 5.56 Å². The van der Waals surface area contributed by atoms with E-state index in [2.05, 4.69) is 42.9 Å². The third kappa shape index (κ3) is 3.69. The zero-order chi connectivity index (χ0) is 16.3. The molecular formula is C17H23ClN4. The fourth-order valence-corrected chi connectivity index (χ4v) is 2.74. The van der Waals surface area contributed by atoms with Crippen LogP contribution in [0.2, 0.25) is 5.02 Å². The van der Waals surface area contributed by atoms with E-state index in [4.69, 9.17) is 23.1 Å². The summed E-state index contributed by atoms with van der Waals surface area (Å²) in [5.41, 5.74) is 14.9. The molecule has 4 N–H and O–H groups in total. The molecule has 1 heterocycles. The number of aromatic nitrogens is 2. The van der Waals surface area contributed by atoms with Gasteiger partial charge in [0.2, 0.25) is 5.95 Å². The Kier molecular flexibility index (Phi) is 4.91. The van der Waals surface area contributed by atoms with E-state index in [0.717, 1.165) is 35.5 Å². The first-order valence-corrected chi connectivity index (χ1v) is 7.88. The summed E-state index contributed by atoms with van der Waals surface area (Å²) in [5, 5.41) is 0.754. The van der Waals surface area contributed by atoms with Crippen molar-refractivity contribution in [3.8, 4) is 0 Å². The third-order valence-corrected chi connectivity index (χ3v) is 4.35. The van der Waals surface area contributed by atoms with Crippen molar-refractivity contribution >= 4 is 23.4 Å².